The van der Waals surface area contributed by atoms with Crippen LogP contribution in [0.1, 0.15) is 264 Å². The summed E-state index contributed by atoms with van der Waals surface area (Å²) in [5, 5.41) is 8.92. The lowest BCUT2D eigenvalue weighted by molar-refractivity contribution is -0.161. The summed E-state index contributed by atoms with van der Waals surface area (Å²) >= 11 is 0. The summed E-state index contributed by atoms with van der Waals surface area (Å²) in [6, 6.07) is -1.52. The van der Waals surface area contributed by atoms with Crippen LogP contribution in [-0.2, 0) is 37.5 Å². The number of allylic oxidation sites excluding steroid dienone is 2. The Balaban J connectivity index is 4.19. The molecule has 0 aliphatic carbocycles. The number of nitrogens with two attached hydrogens (primary N) is 1. The Labute approximate surface area is 386 Å². The van der Waals surface area contributed by atoms with Gasteiger partial charge in [-0.3, -0.25) is 23.4 Å². The molecule has 0 saturated heterocycles. The van der Waals surface area contributed by atoms with Crippen molar-refractivity contribution >= 4 is 25.7 Å². The van der Waals surface area contributed by atoms with Gasteiger partial charge in [-0.05, 0) is 38.5 Å². The number of phosphoric ester groups is 1. The molecule has 0 amide bonds. The first kappa shape index (κ1) is 61.2. The Kier molecular flexibility index (Phi) is 45.4. The van der Waals surface area contributed by atoms with E-state index < -0.39 is 51.1 Å². The van der Waals surface area contributed by atoms with E-state index >= 15 is 0 Å². The van der Waals surface area contributed by atoms with Crippen molar-refractivity contribution in [1.82, 2.24) is 0 Å². The molecule has 0 aromatic heterocycles. The second-order valence-electron chi connectivity index (χ2n) is 18.0. The second kappa shape index (κ2) is 46.7. The molecule has 0 aliphatic heterocycles. The third kappa shape index (κ3) is 46.5. The summed E-state index contributed by atoms with van der Waals surface area (Å²) < 4.78 is 32.9. The van der Waals surface area contributed by atoms with Gasteiger partial charge in [0.1, 0.15) is 12.6 Å². The lowest BCUT2D eigenvalue weighted by Gasteiger charge is -2.20. The number of carbonyl (C=O) groups excluding carboxylic acids is 2. The van der Waals surface area contributed by atoms with Crippen LogP contribution >= 0.6 is 7.82 Å². The number of rotatable bonds is 50. The van der Waals surface area contributed by atoms with Gasteiger partial charge in [-0.1, -0.05) is 225 Å². The van der Waals surface area contributed by atoms with Crippen molar-refractivity contribution in [2.45, 2.75) is 276 Å². The summed E-state index contributed by atoms with van der Waals surface area (Å²) in [5.74, 6) is -2.36. The van der Waals surface area contributed by atoms with Crippen LogP contribution in [0.2, 0.25) is 0 Å². The molecule has 0 bridgehead atoms. The van der Waals surface area contributed by atoms with E-state index in [9.17, 15) is 23.8 Å². The van der Waals surface area contributed by atoms with Gasteiger partial charge >= 0.3 is 25.7 Å². The zero-order valence-electron chi connectivity index (χ0n) is 40.7. The number of carboxylic acids is 1. The highest BCUT2D eigenvalue weighted by atomic mass is 31.2. The molecule has 0 aromatic rings. The topological polar surface area (TPSA) is 172 Å². The number of esters is 2. The minimum absolute atomic E-state index is 0.168. The molecular weight excluding hydrogens is 818 g/mol. The number of aliphatic carboxylic acids is 1. The van der Waals surface area contributed by atoms with E-state index in [1.54, 1.807) is 0 Å². The van der Waals surface area contributed by atoms with E-state index in [2.05, 4.69) is 30.5 Å². The van der Waals surface area contributed by atoms with E-state index in [1.807, 2.05) is 0 Å². The Morgan fingerprint density at radius 2 is 0.794 bits per heavy atom. The van der Waals surface area contributed by atoms with Gasteiger partial charge in [-0.15, -0.1) is 0 Å². The Bertz CT molecular complexity index is 1120. The lowest BCUT2D eigenvalue weighted by atomic mass is 10.0. The predicted molar refractivity (Wildman–Crippen MR) is 259 cm³/mol. The zero-order chi connectivity index (χ0) is 46.3. The van der Waals surface area contributed by atoms with Gasteiger partial charge in [-0.2, -0.15) is 0 Å². The first-order valence-electron chi connectivity index (χ1n) is 26.2. The minimum Gasteiger partial charge on any atom is -0.480 e. The number of ether oxygens (including phenoxy) is 2. The molecule has 3 atom stereocenters. The second-order valence-corrected chi connectivity index (χ2v) is 19.5. The van der Waals surface area contributed by atoms with Crippen molar-refractivity contribution in [2.75, 3.05) is 19.8 Å². The first-order chi connectivity index (χ1) is 30.6. The van der Waals surface area contributed by atoms with Crippen LogP contribution in [0.4, 0.5) is 0 Å². The standard InChI is InChI=1S/C51H98NO10P/c1-3-5-7-9-11-13-15-17-19-21-23-24-25-27-28-30-32-34-36-38-40-42-49(53)59-44-47(45-60-63(57,58)61-46-48(52)51(55)56)62-50(54)43-41-39-37-35-33-31-29-26-22-20-18-16-14-12-10-8-6-4-2/h17,19,47-48H,3-16,18,20-46,52H2,1-2H3,(H,55,56)(H,57,58)/b19-17+/t47-,48+/m1/s1. The molecular formula is C51H98NO10P. The number of carbonyl (C=O) groups is 3. The van der Waals surface area contributed by atoms with E-state index in [0.29, 0.717) is 12.8 Å². The molecule has 0 rings (SSSR count). The number of phosphoric acid groups is 1. The summed E-state index contributed by atoms with van der Waals surface area (Å²) in [6.07, 6.45) is 49.9. The average molecular weight is 916 g/mol. The summed E-state index contributed by atoms with van der Waals surface area (Å²) in [4.78, 5) is 46.2. The van der Waals surface area contributed by atoms with Crippen LogP contribution < -0.4 is 5.73 Å². The van der Waals surface area contributed by atoms with Crippen LogP contribution in [-0.4, -0.2) is 59.9 Å². The maximum atomic E-state index is 12.7. The van der Waals surface area contributed by atoms with Crippen molar-refractivity contribution in [3.8, 4) is 0 Å². The van der Waals surface area contributed by atoms with E-state index in [4.69, 9.17) is 24.8 Å². The fourth-order valence-electron chi connectivity index (χ4n) is 7.65. The normalized spacial score (nSPS) is 13.6. The molecule has 0 heterocycles. The predicted octanol–water partition coefficient (Wildman–Crippen LogP) is 14.8. The van der Waals surface area contributed by atoms with E-state index in [1.165, 1.54) is 186 Å². The molecule has 0 aliphatic rings. The number of hydrogen-bond acceptors (Lipinski definition) is 9. The van der Waals surface area contributed by atoms with E-state index in [-0.39, 0.29) is 19.4 Å². The highest BCUT2D eigenvalue weighted by Crippen LogP contribution is 2.43. The molecule has 0 radical (unpaired) electrons. The molecule has 4 N–H and O–H groups in total. The van der Waals surface area contributed by atoms with Gasteiger partial charge < -0.3 is 25.2 Å². The van der Waals surface area contributed by atoms with Crippen LogP contribution in [0.3, 0.4) is 0 Å². The van der Waals surface area contributed by atoms with Gasteiger partial charge in [0.05, 0.1) is 13.2 Å². The van der Waals surface area contributed by atoms with Crippen LogP contribution in [0.5, 0.6) is 0 Å². The molecule has 0 aromatic carbocycles. The van der Waals surface area contributed by atoms with Gasteiger partial charge in [0.15, 0.2) is 6.10 Å². The fourth-order valence-corrected chi connectivity index (χ4v) is 8.43. The van der Waals surface area contributed by atoms with Crippen molar-refractivity contribution < 1.29 is 47.5 Å². The van der Waals surface area contributed by atoms with Crippen molar-refractivity contribution in [3.63, 3.8) is 0 Å². The minimum atomic E-state index is -4.72. The zero-order valence-corrected chi connectivity index (χ0v) is 41.6. The van der Waals surface area contributed by atoms with Crippen molar-refractivity contribution in [1.29, 1.82) is 0 Å². The third-order valence-electron chi connectivity index (χ3n) is 11.8. The molecule has 63 heavy (non-hydrogen) atoms. The van der Waals surface area contributed by atoms with Gasteiger partial charge in [0.25, 0.3) is 0 Å². The molecule has 11 nitrogen and oxygen atoms in total. The molecule has 372 valence electrons. The van der Waals surface area contributed by atoms with E-state index in [0.717, 1.165) is 38.5 Å². The summed E-state index contributed by atoms with van der Waals surface area (Å²) in [7, 11) is -4.72. The lowest BCUT2D eigenvalue weighted by Crippen LogP contribution is -2.34. The highest BCUT2D eigenvalue weighted by Gasteiger charge is 2.28. The van der Waals surface area contributed by atoms with Crippen LogP contribution in [0.25, 0.3) is 0 Å². The van der Waals surface area contributed by atoms with Crippen molar-refractivity contribution in [3.05, 3.63) is 12.2 Å². The molecule has 1 unspecified atom stereocenters. The molecule has 0 spiro atoms. The smallest absolute Gasteiger partial charge is 0.472 e. The first-order valence-corrected chi connectivity index (χ1v) is 27.7. The highest BCUT2D eigenvalue weighted by molar-refractivity contribution is 7.47. The maximum absolute atomic E-state index is 12.7. The number of unbranched alkanes of at least 4 members (excludes halogenated alkanes) is 34. The van der Waals surface area contributed by atoms with Crippen molar-refractivity contribution in [2.24, 2.45) is 5.73 Å². The quantitative estimate of drug-likeness (QED) is 0.0229. The van der Waals surface area contributed by atoms with Crippen LogP contribution in [0.15, 0.2) is 12.2 Å². The SMILES string of the molecule is CCCCCCCC/C=C/CCCCCCCCCCCCCC(=O)OC[C@H](COP(=O)(O)OC[C@H](N)C(=O)O)OC(=O)CCCCCCCCCCCCCCCCCCCC. The molecule has 0 fully saturated rings. The Hall–Kier alpha value is -1.78. The largest absolute Gasteiger partial charge is 0.480 e. The average Bonchev–Trinajstić information content (AvgIpc) is 3.26. The number of carboxylic acid groups (broad SMARTS) is 1. The maximum Gasteiger partial charge on any atom is 0.472 e. The number of hydrogen-bond donors (Lipinski definition) is 3. The van der Waals surface area contributed by atoms with Gasteiger partial charge in [0.2, 0.25) is 0 Å². The van der Waals surface area contributed by atoms with Gasteiger partial charge in [0, 0.05) is 12.8 Å². The summed E-state index contributed by atoms with van der Waals surface area (Å²) in [6.45, 7) is 2.86. The molecule has 12 heteroatoms. The van der Waals surface area contributed by atoms with Crippen LogP contribution in [0, 0.1) is 0 Å². The summed E-state index contributed by atoms with van der Waals surface area (Å²) in [5.41, 5.74) is 5.36. The third-order valence-corrected chi connectivity index (χ3v) is 12.7. The Morgan fingerprint density at radius 3 is 1.16 bits per heavy atom. The molecule has 0 saturated carbocycles. The van der Waals surface area contributed by atoms with Gasteiger partial charge in [-0.25, -0.2) is 4.57 Å². The Morgan fingerprint density at radius 1 is 0.476 bits per heavy atom. The fraction of sp³-hybridized carbons (Fsp3) is 0.902. The monoisotopic (exact) mass is 916 g/mol.